The van der Waals surface area contributed by atoms with Crippen LogP contribution in [0, 0.1) is 5.41 Å². The molecule has 2 aliphatic heterocycles. The van der Waals surface area contributed by atoms with Crippen LogP contribution in [-0.4, -0.2) is 33.5 Å². The fourth-order valence-electron chi connectivity index (χ4n) is 2.19. The molecule has 4 nitrogen and oxygen atoms in total. The highest BCUT2D eigenvalue weighted by Crippen LogP contribution is 2.27. The molecule has 0 saturated carbocycles. The van der Waals surface area contributed by atoms with Crippen LogP contribution in [-0.2, 0) is 9.31 Å². The standard InChI is InChI=1S/C13H18BNO3/c1-13(2)8-17-14(18-9-13)10-3-4-12-11(7-10)15-5-6-16-12/h3-4,7,15H,5-6,8-9H2,1-2H3. The van der Waals surface area contributed by atoms with Crippen molar-refractivity contribution in [3.8, 4) is 5.75 Å². The van der Waals surface area contributed by atoms with Gasteiger partial charge in [-0.3, -0.25) is 0 Å². The van der Waals surface area contributed by atoms with Crippen molar-refractivity contribution in [2.45, 2.75) is 13.8 Å². The van der Waals surface area contributed by atoms with Gasteiger partial charge in [-0.25, -0.2) is 0 Å². The molecule has 0 aliphatic carbocycles. The number of benzene rings is 1. The molecule has 1 fully saturated rings. The lowest BCUT2D eigenvalue weighted by Crippen LogP contribution is -2.47. The van der Waals surface area contributed by atoms with Crippen molar-refractivity contribution in [3.05, 3.63) is 18.2 Å². The third-order valence-electron chi connectivity index (χ3n) is 3.20. The van der Waals surface area contributed by atoms with Crippen LogP contribution in [0.3, 0.4) is 0 Å². The molecule has 3 rings (SSSR count). The van der Waals surface area contributed by atoms with Crippen LogP contribution in [0.25, 0.3) is 0 Å². The zero-order valence-electron chi connectivity index (χ0n) is 10.9. The molecule has 1 aromatic carbocycles. The Bertz CT molecular complexity index is 440. The lowest BCUT2D eigenvalue weighted by molar-refractivity contribution is 0.0343. The first-order valence-electron chi connectivity index (χ1n) is 6.38. The lowest BCUT2D eigenvalue weighted by Gasteiger charge is -2.33. The minimum Gasteiger partial charge on any atom is -0.490 e. The predicted octanol–water partition coefficient (Wildman–Crippen LogP) is 1.26. The highest BCUT2D eigenvalue weighted by atomic mass is 16.6. The molecule has 1 aromatic rings. The van der Waals surface area contributed by atoms with Gasteiger partial charge in [0.1, 0.15) is 12.4 Å². The molecule has 5 heteroatoms. The van der Waals surface area contributed by atoms with E-state index in [1.54, 1.807) is 0 Å². The Balaban J connectivity index is 1.77. The van der Waals surface area contributed by atoms with E-state index in [1.807, 2.05) is 12.1 Å². The van der Waals surface area contributed by atoms with E-state index in [0.717, 1.165) is 43.3 Å². The Labute approximate surface area is 108 Å². The van der Waals surface area contributed by atoms with Crippen molar-refractivity contribution in [1.29, 1.82) is 0 Å². The molecule has 0 atom stereocenters. The van der Waals surface area contributed by atoms with Gasteiger partial charge in [-0.05, 0) is 17.6 Å². The molecule has 0 bridgehead atoms. The molecule has 0 aromatic heterocycles. The summed E-state index contributed by atoms with van der Waals surface area (Å²) < 4.78 is 17.1. The van der Waals surface area contributed by atoms with E-state index in [9.17, 15) is 0 Å². The van der Waals surface area contributed by atoms with Gasteiger partial charge in [0.15, 0.2) is 0 Å². The SMILES string of the molecule is CC1(C)COB(c2ccc3c(c2)NCCO3)OC1. The van der Waals surface area contributed by atoms with E-state index in [-0.39, 0.29) is 12.5 Å². The van der Waals surface area contributed by atoms with Crippen LogP contribution in [0.15, 0.2) is 18.2 Å². The van der Waals surface area contributed by atoms with Crippen molar-refractivity contribution >= 4 is 18.3 Å². The molecule has 1 saturated heterocycles. The van der Waals surface area contributed by atoms with E-state index in [0.29, 0.717) is 0 Å². The van der Waals surface area contributed by atoms with Crippen molar-refractivity contribution in [3.63, 3.8) is 0 Å². The number of rotatable bonds is 1. The van der Waals surface area contributed by atoms with Crippen LogP contribution < -0.4 is 15.5 Å². The van der Waals surface area contributed by atoms with Gasteiger partial charge in [0.05, 0.1) is 5.69 Å². The summed E-state index contributed by atoms with van der Waals surface area (Å²) in [6, 6.07) is 6.04. The Hall–Kier alpha value is -1.20. The molecular weight excluding hydrogens is 229 g/mol. The average Bonchev–Trinajstić information content (AvgIpc) is 2.38. The molecule has 18 heavy (non-hydrogen) atoms. The number of fused-ring (bicyclic) bond motifs is 1. The first-order chi connectivity index (χ1) is 8.64. The largest absolute Gasteiger partial charge is 0.493 e. The molecule has 0 unspecified atom stereocenters. The maximum Gasteiger partial charge on any atom is 0.493 e. The van der Waals surface area contributed by atoms with E-state index < -0.39 is 0 Å². The van der Waals surface area contributed by atoms with Gasteiger partial charge in [-0.1, -0.05) is 19.9 Å². The van der Waals surface area contributed by atoms with Crippen molar-refractivity contribution in [1.82, 2.24) is 0 Å². The van der Waals surface area contributed by atoms with Crippen LogP contribution in [0.5, 0.6) is 5.75 Å². The maximum atomic E-state index is 5.78. The monoisotopic (exact) mass is 247 g/mol. The summed E-state index contributed by atoms with van der Waals surface area (Å²) in [5.74, 6) is 0.904. The van der Waals surface area contributed by atoms with Gasteiger partial charge in [-0.15, -0.1) is 0 Å². The summed E-state index contributed by atoms with van der Waals surface area (Å²) in [5.41, 5.74) is 2.17. The molecule has 2 heterocycles. The first kappa shape index (κ1) is 11.9. The van der Waals surface area contributed by atoms with Crippen LogP contribution in [0.4, 0.5) is 5.69 Å². The molecule has 0 spiro atoms. The van der Waals surface area contributed by atoms with Gasteiger partial charge >= 0.3 is 7.12 Å². The third-order valence-corrected chi connectivity index (χ3v) is 3.20. The van der Waals surface area contributed by atoms with Crippen LogP contribution >= 0.6 is 0 Å². The van der Waals surface area contributed by atoms with Crippen molar-refractivity contribution in [2.75, 3.05) is 31.7 Å². The second-order valence-electron chi connectivity index (χ2n) is 5.65. The van der Waals surface area contributed by atoms with Gasteiger partial charge < -0.3 is 19.4 Å². The smallest absolute Gasteiger partial charge is 0.490 e. The van der Waals surface area contributed by atoms with Gasteiger partial charge in [0.25, 0.3) is 0 Å². The summed E-state index contributed by atoms with van der Waals surface area (Å²) in [6.07, 6.45) is 0. The van der Waals surface area contributed by atoms with E-state index >= 15 is 0 Å². The van der Waals surface area contributed by atoms with Crippen molar-refractivity contribution < 1.29 is 14.0 Å². The molecule has 0 amide bonds. The Morgan fingerprint density at radius 3 is 2.78 bits per heavy atom. The lowest BCUT2D eigenvalue weighted by atomic mass is 9.75. The zero-order chi connectivity index (χ0) is 12.6. The molecule has 96 valence electrons. The van der Waals surface area contributed by atoms with E-state index in [4.69, 9.17) is 14.0 Å². The predicted molar refractivity (Wildman–Crippen MR) is 71.5 cm³/mol. The quantitative estimate of drug-likeness (QED) is 0.758. The molecule has 2 aliphatic rings. The Kier molecular flexibility index (Phi) is 2.96. The van der Waals surface area contributed by atoms with Gasteiger partial charge in [-0.2, -0.15) is 0 Å². The zero-order valence-corrected chi connectivity index (χ0v) is 10.9. The van der Waals surface area contributed by atoms with E-state index in [2.05, 4.69) is 25.2 Å². The normalized spacial score (nSPS) is 21.8. The third kappa shape index (κ3) is 2.33. The molecule has 0 radical (unpaired) electrons. The fraction of sp³-hybridized carbons (Fsp3) is 0.538. The second-order valence-corrected chi connectivity index (χ2v) is 5.65. The molecule has 1 N–H and O–H groups in total. The minimum atomic E-state index is -0.257. The average molecular weight is 247 g/mol. The number of anilines is 1. The minimum absolute atomic E-state index is 0.103. The topological polar surface area (TPSA) is 39.7 Å². The van der Waals surface area contributed by atoms with Gasteiger partial charge in [0.2, 0.25) is 0 Å². The second kappa shape index (κ2) is 4.48. The summed E-state index contributed by atoms with van der Waals surface area (Å²) in [4.78, 5) is 0. The Morgan fingerprint density at radius 1 is 1.22 bits per heavy atom. The Morgan fingerprint density at radius 2 is 2.00 bits per heavy atom. The highest BCUT2D eigenvalue weighted by molar-refractivity contribution is 6.61. The number of hydrogen-bond donors (Lipinski definition) is 1. The summed E-state index contributed by atoms with van der Waals surface area (Å²) in [6.45, 7) is 7.29. The number of hydrogen-bond acceptors (Lipinski definition) is 4. The van der Waals surface area contributed by atoms with Crippen LogP contribution in [0.1, 0.15) is 13.8 Å². The fourth-order valence-corrected chi connectivity index (χ4v) is 2.19. The summed E-state index contributed by atoms with van der Waals surface area (Å²) in [7, 11) is -0.257. The molecular formula is C13H18BNO3. The number of nitrogens with one attached hydrogen (secondary N) is 1. The first-order valence-corrected chi connectivity index (χ1v) is 6.38. The summed E-state index contributed by atoms with van der Waals surface area (Å²) in [5, 5.41) is 3.32. The number of ether oxygens (including phenoxy) is 1. The van der Waals surface area contributed by atoms with Gasteiger partial charge in [0, 0.05) is 25.2 Å². The van der Waals surface area contributed by atoms with Crippen molar-refractivity contribution in [2.24, 2.45) is 5.41 Å². The summed E-state index contributed by atoms with van der Waals surface area (Å²) >= 11 is 0. The van der Waals surface area contributed by atoms with E-state index in [1.165, 1.54) is 0 Å². The maximum absolute atomic E-state index is 5.78. The van der Waals surface area contributed by atoms with Crippen LogP contribution in [0.2, 0.25) is 0 Å². The highest BCUT2D eigenvalue weighted by Gasteiger charge is 2.33.